The molecule has 0 aromatic heterocycles. The van der Waals surface area contributed by atoms with Gasteiger partial charge in [0.2, 0.25) is 0 Å². The van der Waals surface area contributed by atoms with E-state index in [1.165, 1.54) is 0 Å². The molecule has 1 aliphatic rings. The van der Waals surface area contributed by atoms with Gasteiger partial charge >= 0.3 is 6.03 Å². The summed E-state index contributed by atoms with van der Waals surface area (Å²) in [5, 5.41) is 0. The molecule has 1 saturated heterocycles. The maximum Gasteiger partial charge on any atom is 0.320 e. The average molecular weight is 200 g/mol. The second kappa shape index (κ2) is 4.64. The van der Waals surface area contributed by atoms with Crippen LogP contribution >= 0.6 is 0 Å². The molecule has 14 heavy (non-hydrogen) atoms. The molecule has 4 heteroatoms. The van der Waals surface area contributed by atoms with Gasteiger partial charge in [-0.05, 0) is 20.8 Å². The van der Waals surface area contributed by atoms with Crippen LogP contribution in [0.2, 0.25) is 0 Å². The van der Waals surface area contributed by atoms with Crippen molar-refractivity contribution in [1.29, 1.82) is 0 Å². The van der Waals surface area contributed by atoms with Gasteiger partial charge in [0.15, 0.2) is 0 Å². The molecule has 2 unspecified atom stereocenters. The summed E-state index contributed by atoms with van der Waals surface area (Å²) >= 11 is 0. The van der Waals surface area contributed by atoms with E-state index in [0.29, 0.717) is 13.2 Å². The minimum atomic E-state index is 0.107. The molecule has 4 nitrogen and oxygen atoms in total. The Balaban J connectivity index is 2.60. The lowest BCUT2D eigenvalue weighted by molar-refractivity contribution is -0.0361. The van der Waals surface area contributed by atoms with Gasteiger partial charge in [-0.15, -0.1) is 0 Å². The van der Waals surface area contributed by atoms with Crippen molar-refractivity contribution in [3.8, 4) is 0 Å². The van der Waals surface area contributed by atoms with E-state index in [1.807, 2.05) is 32.7 Å². The standard InChI is InChI=1S/C10H20N2O2/c1-5-11(4)10(13)12-6-9(3)14-7-8(12)2/h8-9H,5-7H2,1-4H3. The summed E-state index contributed by atoms with van der Waals surface area (Å²) in [7, 11) is 1.83. The molecule has 0 aromatic rings. The predicted octanol–water partition coefficient (Wildman–Crippen LogP) is 1.17. The summed E-state index contributed by atoms with van der Waals surface area (Å²) in [5.74, 6) is 0. The number of rotatable bonds is 1. The average Bonchev–Trinajstić information content (AvgIpc) is 2.19. The molecular weight excluding hydrogens is 180 g/mol. The van der Waals surface area contributed by atoms with Crippen LogP contribution in [0.4, 0.5) is 4.79 Å². The van der Waals surface area contributed by atoms with Gasteiger partial charge in [-0.1, -0.05) is 0 Å². The Morgan fingerprint density at radius 3 is 2.79 bits per heavy atom. The molecule has 0 spiro atoms. The van der Waals surface area contributed by atoms with Crippen LogP contribution in [0.3, 0.4) is 0 Å². The van der Waals surface area contributed by atoms with E-state index in [0.717, 1.165) is 6.54 Å². The minimum absolute atomic E-state index is 0.107. The van der Waals surface area contributed by atoms with Gasteiger partial charge in [0.05, 0.1) is 18.8 Å². The summed E-state index contributed by atoms with van der Waals surface area (Å²) < 4.78 is 5.47. The fraction of sp³-hybridized carbons (Fsp3) is 0.900. The zero-order valence-electron chi connectivity index (χ0n) is 9.49. The van der Waals surface area contributed by atoms with E-state index in [4.69, 9.17) is 4.74 Å². The van der Waals surface area contributed by atoms with Gasteiger partial charge in [-0.3, -0.25) is 0 Å². The predicted molar refractivity (Wildman–Crippen MR) is 55.3 cm³/mol. The number of carbonyl (C=O) groups is 1. The second-order valence-electron chi connectivity index (χ2n) is 3.94. The maximum absolute atomic E-state index is 11.9. The van der Waals surface area contributed by atoms with Crippen molar-refractivity contribution in [2.45, 2.75) is 32.9 Å². The first kappa shape index (κ1) is 11.3. The molecule has 1 rings (SSSR count). The van der Waals surface area contributed by atoms with Crippen LogP contribution in [0.25, 0.3) is 0 Å². The normalized spacial score (nSPS) is 27.6. The maximum atomic E-state index is 11.9. The quantitative estimate of drug-likeness (QED) is 0.636. The van der Waals surface area contributed by atoms with Crippen molar-refractivity contribution in [3.05, 3.63) is 0 Å². The topological polar surface area (TPSA) is 32.8 Å². The van der Waals surface area contributed by atoms with Crippen LogP contribution in [0.15, 0.2) is 0 Å². The molecule has 82 valence electrons. The van der Waals surface area contributed by atoms with E-state index < -0.39 is 0 Å². The van der Waals surface area contributed by atoms with Gasteiger partial charge < -0.3 is 14.5 Å². The largest absolute Gasteiger partial charge is 0.375 e. The molecule has 0 saturated carbocycles. The van der Waals surface area contributed by atoms with Crippen LogP contribution in [0.1, 0.15) is 20.8 Å². The highest BCUT2D eigenvalue weighted by Crippen LogP contribution is 2.12. The number of hydrogen-bond acceptors (Lipinski definition) is 2. The fourth-order valence-corrected chi connectivity index (χ4v) is 1.52. The number of urea groups is 1. The third-order valence-electron chi connectivity index (χ3n) is 2.65. The zero-order valence-corrected chi connectivity index (χ0v) is 9.49. The zero-order chi connectivity index (χ0) is 10.7. The molecule has 2 amide bonds. The molecular formula is C10H20N2O2. The van der Waals surface area contributed by atoms with Crippen LogP contribution in [-0.2, 0) is 4.74 Å². The highest BCUT2D eigenvalue weighted by molar-refractivity contribution is 5.74. The van der Waals surface area contributed by atoms with Crippen molar-refractivity contribution >= 4 is 6.03 Å². The third kappa shape index (κ3) is 2.38. The molecule has 0 aromatic carbocycles. The van der Waals surface area contributed by atoms with Gasteiger partial charge in [0.25, 0.3) is 0 Å². The summed E-state index contributed by atoms with van der Waals surface area (Å²) in [6.07, 6.45) is 0.153. The number of carbonyl (C=O) groups excluding carboxylic acids is 1. The second-order valence-corrected chi connectivity index (χ2v) is 3.94. The summed E-state index contributed by atoms with van der Waals surface area (Å²) in [6.45, 7) is 8.09. The Morgan fingerprint density at radius 2 is 2.21 bits per heavy atom. The molecule has 2 atom stereocenters. The van der Waals surface area contributed by atoms with Crippen molar-refractivity contribution < 1.29 is 9.53 Å². The summed E-state index contributed by atoms with van der Waals surface area (Å²) in [5.41, 5.74) is 0. The Kier molecular flexibility index (Phi) is 3.75. The lowest BCUT2D eigenvalue weighted by Gasteiger charge is -2.38. The molecule has 0 bridgehead atoms. The SMILES string of the molecule is CCN(C)C(=O)N1CC(C)OCC1C. The number of amides is 2. The summed E-state index contributed by atoms with van der Waals surface area (Å²) in [6, 6.07) is 0.294. The van der Waals surface area contributed by atoms with Crippen LogP contribution in [-0.4, -0.2) is 54.7 Å². The Bertz CT molecular complexity index is 208. The Hall–Kier alpha value is -0.770. The van der Waals surface area contributed by atoms with Gasteiger partial charge in [-0.2, -0.15) is 0 Å². The van der Waals surface area contributed by atoms with Crippen molar-refractivity contribution in [1.82, 2.24) is 9.80 Å². The van der Waals surface area contributed by atoms with E-state index in [-0.39, 0.29) is 18.2 Å². The van der Waals surface area contributed by atoms with E-state index >= 15 is 0 Å². The number of ether oxygens (including phenoxy) is 1. The van der Waals surface area contributed by atoms with E-state index in [9.17, 15) is 4.79 Å². The lowest BCUT2D eigenvalue weighted by atomic mass is 10.2. The highest BCUT2D eigenvalue weighted by Gasteiger charge is 2.28. The fourth-order valence-electron chi connectivity index (χ4n) is 1.52. The van der Waals surface area contributed by atoms with Gasteiger partial charge in [-0.25, -0.2) is 4.79 Å². The molecule has 0 N–H and O–H groups in total. The first-order valence-corrected chi connectivity index (χ1v) is 5.19. The van der Waals surface area contributed by atoms with Crippen molar-refractivity contribution in [2.24, 2.45) is 0 Å². The first-order valence-electron chi connectivity index (χ1n) is 5.19. The Morgan fingerprint density at radius 1 is 1.57 bits per heavy atom. The number of nitrogens with zero attached hydrogens (tertiary/aromatic N) is 2. The van der Waals surface area contributed by atoms with Gasteiger partial charge in [0.1, 0.15) is 0 Å². The van der Waals surface area contributed by atoms with Crippen LogP contribution < -0.4 is 0 Å². The molecule has 1 heterocycles. The first-order chi connectivity index (χ1) is 6.56. The highest BCUT2D eigenvalue weighted by atomic mass is 16.5. The lowest BCUT2D eigenvalue weighted by Crippen LogP contribution is -2.53. The van der Waals surface area contributed by atoms with E-state index in [1.54, 1.807) is 4.90 Å². The molecule has 1 aliphatic heterocycles. The minimum Gasteiger partial charge on any atom is -0.375 e. The molecule has 0 aliphatic carbocycles. The molecule has 0 radical (unpaired) electrons. The van der Waals surface area contributed by atoms with Crippen LogP contribution in [0.5, 0.6) is 0 Å². The monoisotopic (exact) mass is 200 g/mol. The van der Waals surface area contributed by atoms with E-state index in [2.05, 4.69) is 0 Å². The smallest absolute Gasteiger partial charge is 0.320 e. The molecule has 1 fully saturated rings. The summed E-state index contributed by atoms with van der Waals surface area (Å²) in [4.78, 5) is 15.5. The number of hydrogen-bond donors (Lipinski definition) is 0. The van der Waals surface area contributed by atoms with Gasteiger partial charge in [0, 0.05) is 20.1 Å². The number of morpholine rings is 1. The van der Waals surface area contributed by atoms with Crippen molar-refractivity contribution in [3.63, 3.8) is 0 Å². The Labute approximate surface area is 85.8 Å². The van der Waals surface area contributed by atoms with Crippen molar-refractivity contribution in [2.75, 3.05) is 26.7 Å². The third-order valence-corrected chi connectivity index (χ3v) is 2.65. The van der Waals surface area contributed by atoms with Crippen LogP contribution in [0, 0.1) is 0 Å².